The molecule has 0 aromatic carbocycles. The maximum atomic E-state index is 11.5. The fourth-order valence-corrected chi connectivity index (χ4v) is 1.45. The van der Waals surface area contributed by atoms with Crippen molar-refractivity contribution < 1.29 is 4.79 Å². The van der Waals surface area contributed by atoms with Gasteiger partial charge in [0.05, 0.1) is 6.07 Å². The van der Waals surface area contributed by atoms with Crippen molar-refractivity contribution >= 4 is 5.91 Å². The van der Waals surface area contributed by atoms with E-state index in [2.05, 4.69) is 12.2 Å². The highest BCUT2D eigenvalue weighted by Gasteiger charge is 2.16. The molecule has 2 atom stereocenters. The molecule has 0 spiro atoms. The number of nitrogens with one attached hydrogen (secondary N) is 1. The van der Waals surface area contributed by atoms with Crippen LogP contribution in [0.5, 0.6) is 0 Å². The molecule has 0 aliphatic carbocycles. The maximum Gasteiger partial charge on any atom is 0.237 e. The summed E-state index contributed by atoms with van der Waals surface area (Å²) in [6, 6.07) is 2.20. The third-order valence-electron chi connectivity index (χ3n) is 2.51. The maximum absolute atomic E-state index is 11.5. The molecule has 0 bridgehead atoms. The molecule has 1 amide bonds. The first-order valence-corrected chi connectivity index (χ1v) is 5.85. The fraction of sp³-hybridized carbons (Fsp3) is 0.833. The minimum Gasteiger partial charge on any atom is -0.353 e. The van der Waals surface area contributed by atoms with E-state index < -0.39 is 5.92 Å². The monoisotopic (exact) mass is 210 g/mol. The zero-order valence-corrected chi connectivity index (χ0v) is 10.0. The Labute approximate surface area is 92.9 Å². The number of nitrogens with zero attached hydrogens (tertiary/aromatic N) is 1. The second-order valence-corrected chi connectivity index (χ2v) is 4.00. The summed E-state index contributed by atoms with van der Waals surface area (Å²) < 4.78 is 0. The van der Waals surface area contributed by atoms with Crippen LogP contribution in [0.15, 0.2) is 0 Å². The van der Waals surface area contributed by atoms with Gasteiger partial charge in [-0.15, -0.1) is 0 Å². The Morgan fingerprint density at radius 1 is 1.40 bits per heavy atom. The molecule has 15 heavy (non-hydrogen) atoms. The smallest absolute Gasteiger partial charge is 0.237 e. The van der Waals surface area contributed by atoms with E-state index in [1.54, 1.807) is 0 Å². The van der Waals surface area contributed by atoms with Gasteiger partial charge >= 0.3 is 0 Å². The molecule has 3 heteroatoms. The molecular weight excluding hydrogens is 188 g/mol. The van der Waals surface area contributed by atoms with Crippen molar-refractivity contribution in [3.63, 3.8) is 0 Å². The molecule has 0 saturated carbocycles. The van der Waals surface area contributed by atoms with Crippen LogP contribution in [-0.2, 0) is 4.79 Å². The molecule has 3 nitrogen and oxygen atoms in total. The van der Waals surface area contributed by atoms with Crippen molar-refractivity contribution in [3.8, 4) is 6.07 Å². The Morgan fingerprint density at radius 2 is 2.07 bits per heavy atom. The van der Waals surface area contributed by atoms with Crippen LogP contribution in [0.3, 0.4) is 0 Å². The molecule has 1 N–H and O–H groups in total. The van der Waals surface area contributed by atoms with Gasteiger partial charge in [-0.05, 0) is 19.8 Å². The molecule has 2 unspecified atom stereocenters. The Balaban J connectivity index is 3.80. The summed E-state index contributed by atoms with van der Waals surface area (Å²) in [7, 11) is 0. The highest BCUT2D eigenvalue weighted by Crippen LogP contribution is 2.05. The second-order valence-electron chi connectivity index (χ2n) is 4.00. The first-order valence-electron chi connectivity index (χ1n) is 5.85. The Bertz CT molecular complexity index is 220. The normalized spacial score (nSPS) is 14.0. The van der Waals surface area contributed by atoms with Crippen molar-refractivity contribution in [2.75, 3.05) is 0 Å². The second kappa shape index (κ2) is 8.28. The van der Waals surface area contributed by atoms with E-state index in [9.17, 15) is 4.79 Å². The van der Waals surface area contributed by atoms with Gasteiger partial charge in [-0.25, -0.2) is 0 Å². The van der Waals surface area contributed by atoms with Crippen molar-refractivity contribution in [1.29, 1.82) is 5.26 Å². The number of unbranched alkanes of at least 4 members (excludes halogenated alkanes) is 2. The lowest BCUT2D eigenvalue weighted by Gasteiger charge is -2.15. The number of carbonyl (C=O) groups excluding carboxylic acids is 1. The van der Waals surface area contributed by atoms with Gasteiger partial charge in [0.25, 0.3) is 0 Å². The molecule has 86 valence electrons. The molecule has 0 aliphatic heterocycles. The van der Waals surface area contributed by atoms with Gasteiger partial charge in [0.1, 0.15) is 5.92 Å². The standard InChI is InChI=1S/C12H22N2O/c1-4-6-7-8-10(3)14-12(15)11(5-2)9-13/h10-11H,4-8H2,1-3H3,(H,14,15). The van der Waals surface area contributed by atoms with Crippen LogP contribution >= 0.6 is 0 Å². The predicted molar refractivity (Wildman–Crippen MR) is 61.1 cm³/mol. The Morgan fingerprint density at radius 3 is 2.53 bits per heavy atom. The van der Waals surface area contributed by atoms with Crippen molar-refractivity contribution in [2.24, 2.45) is 5.92 Å². The van der Waals surface area contributed by atoms with Crippen LogP contribution in [0.25, 0.3) is 0 Å². The number of hydrogen-bond acceptors (Lipinski definition) is 2. The summed E-state index contributed by atoms with van der Waals surface area (Å²) in [6.07, 6.45) is 5.12. The minimum atomic E-state index is -0.487. The SMILES string of the molecule is CCCCCC(C)NC(=O)C(C#N)CC. The van der Waals surface area contributed by atoms with Crippen LogP contribution in [0, 0.1) is 17.2 Å². The number of amides is 1. The predicted octanol–water partition coefficient (Wildman–Crippen LogP) is 2.62. The van der Waals surface area contributed by atoms with Crippen molar-refractivity contribution in [2.45, 2.75) is 58.9 Å². The summed E-state index contributed by atoms with van der Waals surface area (Å²) in [5.74, 6) is -0.609. The summed E-state index contributed by atoms with van der Waals surface area (Å²) in [6.45, 7) is 6.01. The number of hydrogen-bond donors (Lipinski definition) is 1. The van der Waals surface area contributed by atoms with Crippen LogP contribution in [-0.4, -0.2) is 11.9 Å². The van der Waals surface area contributed by atoms with Crippen LogP contribution < -0.4 is 5.32 Å². The van der Waals surface area contributed by atoms with E-state index in [1.165, 1.54) is 12.8 Å². The summed E-state index contributed by atoms with van der Waals surface area (Å²) in [5.41, 5.74) is 0. The lowest BCUT2D eigenvalue weighted by Crippen LogP contribution is -2.36. The van der Waals surface area contributed by atoms with Gasteiger partial charge < -0.3 is 5.32 Å². The zero-order chi connectivity index (χ0) is 11.7. The van der Waals surface area contributed by atoms with E-state index in [1.807, 2.05) is 19.9 Å². The van der Waals surface area contributed by atoms with Gasteiger partial charge in [0.2, 0.25) is 5.91 Å². The van der Waals surface area contributed by atoms with Gasteiger partial charge in [0, 0.05) is 6.04 Å². The molecule has 0 aromatic rings. The molecule has 0 heterocycles. The largest absolute Gasteiger partial charge is 0.353 e. The zero-order valence-electron chi connectivity index (χ0n) is 10.0. The van der Waals surface area contributed by atoms with E-state index in [-0.39, 0.29) is 11.9 Å². The van der Waals surface area contributed by atoms with E-state index >= 15 is 0 Å². The topological polar surface area (TPSA) is 52.9 Å². The Hall–Kier alpha value is -1.04. The average molecular weight is 210 g/mol. The molecule has 0 aliphatic rings. The summed E-state index contributed by atoms with van der Waals surface area (Å²) >= 11 is 0. The van der Waals surface area contributed by atoms with Gasteiger partial charge in [-0.2, -0.15) is 5.26 Å². The number of nitriles is 1. The van der Waals surface area contributed by atoms with Gasteiger partial charge in [0.15, 0.2) is 0 Å². The van der Waals surface area contributed by atoms with E-state index in [0.717, 1.165) is 12.8 Å². The summed E-state index contributed by atoms with van der Waals surface area (Å²) in [4.78, 5) is 11.5. The van der Waals surface area contributed by atoms with Gasteiger partial charge in [-0.1, -0.05) is 33.1 Å². The molecule has 0 radical (unpaired) electrons. The highest BCUT2D eigenvalue weighted by molar-refractivity contribution is 5.81. The van der Waals surface area contributed by atoms with Crippen LogP contribution in [0.2, 0.25) is 0 Å². The third-order valence-corrected chi connectivity index (χ3v) is 2.51. The third kappa shape index (κ3) is 6.11. The van der Waals surface area contributed by atoms with Crippen LogP contribution in [0.4, 0.5) is 0 Å². The molecule has 0 fully saturated rings. The molecule has 0 saturated heterocycles. The molecular formula is C12H22N2O. The number of rotatable bonds is 7. The van der Waals surface area contributed by atoms with E-state index in [4.69, 9.17) is 5.26 Å². The van der Waals surface area contributed by atoms with Crippen LogP contribution in [0.1, 0.15) is 52.9 Å². The number of carbonyl (C=O) groups is 1. The van der Waals surface area contributed by atoms with Gasteiger partial charge in [-0.3, -0.25) is 4.79 Å². The molecule has 0 rings (SSSR count). The highest BCUT2D eigenvalue weighted by atomic mass is 16.1. The van der Waals surface area contributed by atoms with Crippen molar-refractivity contribution in [1.82, 2.24) is 5.32 Å². The average Bonchev–Trinajstić information content (AvgIpc) is 2.20. The van der Waals surface area contributed by atoms with Crippen molar-refractivity contribution in [3.05, 3.63) is 0 Å². The quantitative estimate of drug-likeness (QED) is 0.657. The summed E-state index contributed by atoms with van der Waals surface area (Å²) in [5, 5.41) is 11.6. The minimum absolute atomic E-state index is 0.121. The first kappa shape index (κ1) is 14.0. The first-order chi connectivity index (χ1) is 7.15. The van der Waals surface area contributed by atoms with E-state index in [0.29, 0.717) is 6.42 Å². The molecule has 0 aromatic heterocycles. The fourth-order valence-electron chi connectivity index (χ4n) is 1.45. The lowest BCUT2D eigenvalue weighted by molar-refractivity contribution is -0.124. The lowest BCUT2D eigenvalue weighted by atomic mass is 10.1. The Kier molecular flexibility index (Phi) is 7.71.